The highest BCUT2D eigenvalue weighted by Gasteiger charge is 2.38. The Labute approximate surface area is 145 Å². The number of hydrogen-bond acceptors (Lipinski definition) is 2. The highest BCUT2D eigenvalue weighted by atomic mass is 19.4. The minimum atomic E-state index is -4.36. The summed E-state index contributed by atoms with van der Waals surface area (Å²) in [4.78, 5) is 0. The Morgan fingerprint density at radius 3 is 2.36 bits per heavy atom. The van der Waals surface area contributed by atoms with Crippen molar-refractivity contribution in [1.29, 1.82) is 0 Å². The molecular formula is C20H21F3O2. The lowest BCUT2D eigenvalue weighted by molar-refractivity contribution is -0.137. The summed E-state index contributed by atoms with van der Waals surface area (Å²) in [6, 6.07) is 10.5. The fourth-order valence-corrected chi connectivity index (χ4v) is 3.63. The van der Waals surface area contributed by atoms with Crippen LogP contribution >= 0.6 is 0 Å². The average Bonchev–Trinajstić information content (AvgIpc) is 2.57. The zero-order chi connectivity index (χ0) is 18.2. The van der Waals surface area contributed by atoms with Crippen molar-refractivity contribution in [3.05, 3.63) is 59.2 Å². The molecule has 0 saturated carbocycles. The van der Waals surface area contributed by atoms with Crippen LogP contribution in [-0.4, -0.2) is 5.11 Å². The van der Waals surface area contributed by atoms with Crippen LogP contribution in [0, 0.1) is 5.92 Å². The lowest BCUT2D eigenvalue weighted by Gasteiger charge is -2.38. The molecule has 0 fully saturated rings. The van der Waals surface area contributed by atoms with Crippen molar-refractivity contribution in [1.82, 2.24) is 0 Å². The number of phenols is 1. The van der Waals surface area contributed by atoms with E-state index < -0.39 is 11.7 Å². The number of fused-ring (bicyclic) bond motifs is 1. The number of rotatable bonds is 3. The summed E-state index contributed by atoms with van der Waals surface area (Å²) in [5.74, 6) is 0.713. The molecule has 3 rings (SSSR count). The van der Waals surface area contributed by atoms with E-state index in [1.165, 1.54) is 12.1 Å². The van der Waals surface area contributed by atoms with Gasteiger partial charge in [0.1, 0.15) is 17.6 Å². The molecule has 0 bridgehead atoms. The van der Waals surface area contributed by atoms with Gasteiger partial charge < -0.3 is 9.84 Å². The van der Waals surface area contributed by atoms with Crippen LogP contribution in [0.15, 0.2) is 42.5 Å². The predicted octanol–water partition coefficient (Wildman–Crippen LogP) is 6.06. The number of alkyl halides is 3. The van der Waals surface area contributed by atoms with Crippen LogP contribution in [0.1, 0.15) is 55.4 Å². The maximum absolute atomic E-state index is 13.1. The first-order valence-electron chi connectivity index (χ1n) is 8.48. The fourth-order valence-electron chi connectivity index (χ4n) is 3.63. The minimum absolute atomic E-state index is 0.00477. The second-order valence-electron chi connectivity index (χ2n) is 6.63. The van der Waals surface area contributed by atoms with Gasteiger partial charge in [-0.2, -0.15) is 13.2 Å². The van der Waals surface area contributed by atoms with Crippen molar-refractivity contribution in [2.24, 2.45) is 5.92 Å². The molecule has 1 aliphatic heterocycles. The van der Waals surface area contributed by atoms with Crippen molar-refractivity contribution in [2.75, 3.05) is 0 Å². The minimum Gasteiger partial charge on any atom is -0.508 e. The first kappa shape index (κ1) is 17.6. The van der Waals surface area contributed by atoms with E-state index in [0.717, 1.165) is 24.5 Å². The van der Waals surface area contributed by atoms with Crippen LogP contribution in [0.5, 0.6) is 11.5 Å². The summed E-state index contributed by atoms with van der Waals surface area (Å²) >= 11 is 0. The molecule has 0 aromatic heterocycles. The van der Waals surface area contributed by atoms with Crippen molar-refractivity contribution in [3.63, 3.8) is 0 Å². The maximum Gasteiger partial charge on any atom is 0.416 e. The lowest BCUT2D eigenvalue weighted by Crippen LogP contribution is -2.28. The Bertz CT molecular complexity index is 738. The molecule has 1 heterocycles. The van der Waals surface area contributed by atoms with Gasteiger partial charge >= 0.3 is 6.18 Å². The average molecular weight is 350 g/mol. The summed E-state index contributed by atoms with van der Waals surface area (Å²) < 4.78 is 45.3. The van der Waals surface area contributed by atoms with Crippen molar-refractivity contribution in [2.45, 2.75) is 44.9 Å². The van der Waals surface area contributed by atoms with Gasteiger partial charge in [0.25, 0.3) is 0 Å². The number of aromatic hydroxyl groups is 1. The standard InChI is InChI=1S/C20H21F3O2/c1-3-4-16-12(2)19(13-5-8-15(24)9-6-13)25-18-10-7-14(11-17(16)18)20(21,22)23/h5-12,16,19,24H,3-4H2,1-2H3. The quantitative estimate of drug-likeness (QED) is 0.728. The van der Waals surface area contributed by atoms with Gasteiger partial charge in [-0.05, 0) is 53.8 Å². The zero-order valence-electron chi connectivity index (χ0n) is 14.2. The largest absolute Gasteiger partial charge is 0.508 e. The monoisotopic (exact) mass is 350 g/mol. The smallest absolute Gasteiger partial charge is 0.416 e. The van der Waals surface area contributed by atoms with Gasteiger partial charge in [0.05, 0.1) is 5.56 Å². The molecule has 2 aromatic carbocycles. The van der Waals surface area contributed by atoms with E-state index in [9.17, 15) is 18.3 Å². The first-order valence-corrected chi connectivity index (χ1v) is 8.48. The van der Waals surface area contributed by atoms with Crippen LogP contribution in [0.25, 0.3) is 0 Å². The van der Waals surface area contributed by atoms with Crippen LogP contribution in [-0.2, 0) is 6.18 Å². The summed E-state index contributed by atoms with van der Waals surface area (Å²) in [6.07, 6.45) is -2.93. The molecule has 134 valence electrons. The molecule has 5 heteroatoms. The second kappa shape index (κ2) is 6.62. The summed E-state index contributed by atoms with van der Waals surface area (Å²) in [7, 11) is 0. The fraction of sp³-hybridized carbons (Fsp3) is 0.400. The predicted molar refractivity (Wildman–Crippen MR) is 89.7 cm³/mol. The van der Waals surface area contributed by atoms with E-state index in [4.69, 9.17) is 4.74 Å². The lowest BCUT2D eigenvalue weighted by atomic mass is 9.76. The third-order valence-corrected chi connectivity index (χ3v) is 4.92. The Morgan fingerprint density at radius 2 is 1.76 bits per heavy atom. The van der Waals surface area contributed by atoms with Gasteiger partial charge in [-0.15, -0.1) is 0 Å². The van der Waals surface area contributed by atoms with Crippen LogP contribution in [0.4, 0.5) is 13.2 Å². The third kappa shape index (κ3) is 3.46. The topological polar surface area (TPSA) is 29.5 Å². The Balaban J connectivity index is 2.03. The summed E-state index contributed by atoms with van der Waals surface area (Å²) in [5, 5.41) is 9.47. The molecule has 3 atom stereocenters. The highest BCUT2D eigenvalue weighted by molar-refractivity contribution is 5.44. The molecule has 3 unspecified atom stereocenters. The third-order valence-electron chi connectivity index (χ3n) is 4.92. The van der Waals surface area contributed by atoms with Gasteiger partial charge in [-0.3, -0.25) is 0 Å². The number of hydrogen-bond donors (Lipinski definition) is 1. The first-order chi connectivity index (χ1) is 11.8. The van der Waals surface area contributed by atoms with Crippen LogP contribution in [0.2, 0.25) is 0 Å². The van der Waals surface area contributed by atoms with E-state index in [-0.39, 0.29) is 23.7 Å². The van der Waals surface area contributed by atoms with Crippen molar-refractivity contribution >= 4 is 0 Å². The van der Waals surface area contributed by atoms with Gasteiger partial charge in [0.15, 0.2) is 0 Å². The molecule has 2 nitrogen and oxygen atoms in total. The van der Waals surface area contributed by atoms with E-state index in [2.05, 4.69) is 0 Å². The Morgan fingerprint density at radius 1 is 1.08 bits per heavy atom. The summed E-state index contributed by atoms with van der Waals surface area (Å²) in [5.41, 5.74) is 0.919. The molecule has 1 aliphatic rings. The Hall–Kier alpha value is -2.17. The van der Waals surface area contributed by atoms with Gasteiger partial charge in [-0.1, -0.05) is 32.4 Å². The zero-order valence-corrected chi connectivity index (χ0v) is 14.2. The molecular weight excluding hydrogens is 329 g/mol. The molecule has 0 saturated heterocycles. The van der Waals surface area contributed by atoms with Crippen LogP contribution in [0.3, 0.4) is 0 Å². The second-order valence-corrected chi connectivity index (χ2v) is 6.63. The molecule has 1 N–H and O–H groups in total. The highest BCUT2D eigenvalue weighted by Crippen LogP contribution is 2.49. The van der Waals surface area contributed by atoms with E-state index in [1.807, 2.05) is 13.8 Å². The summed E-state index contributed by atoms with van der Waals surface area (Å²) in [6.45, 7) is 4.05. The number of benzene rings is 2. The molecule has 0 spiro atoms. The Kier molecular flexibility index (Phi) is 4.67. The van der Waals surface area contributed by atoms with Gasteiger partial charge in [-0.25, -0.2) is 0 Å². The SMILES string of the molecule is CCCC1c2cc(C(F)(F)F)ccc2OC(c2ccc(O)cc2)C1C. The molecule has 2 aromatic rings. The number of phenolic OH excluding ortho intramolecular Hbond substituents is 1. The van der Waals surface area contributed by atoms with Gasteiger partial charge in [0.2, 0.25) is 0 Å². The van der Waals surface area contributed by atoms with E-state index in [0.29, 0.717) is 11.3 Å². The number of halogens is 3. The molecule has 0 aliphatic carbocycles. The van der Waals surface area contributed by atoms with Crippen molar-refractivity contribution < 1.29 is 23.0 Å². The molecule has 0 radical (unpaired) electrons. The van der Waals surface area contributed by atoms with Gasteiger partial charge in [0, 0.05) is 5.92 Å². The molecule has 0 amide bonds. The van der Waals surface area contributed by atoms with E-state index >= 15 is 0 Å². The molecule has 25 heavy (non-hydrogen) atoms. The maximum atomic E-state index is 13.1. The van der Waals surface area contributed by atoms with Crippen LogP contribution < -0.4 is 4.74 Å². The number of ether oxygens (including phenoxy) is 1. The van der Waals surface area contributed by atoms with E-state index in [1.54, 1.807) is 24.3 Å². The van der Waals surface area contributed by atoms with Crippen molar-refractivity contribution in [3.8, 4) is 11.5 Å². The normalized spacial score (nSPS) is 23.0.